The Kier molecular flexibility index (Phi) is 5.95. The first-order chi connectivity index (χ1) is 15.0. The number of carbonyl (C=O) groups excluding carboxylic acids is 1. The molecule has 156 valence electrons. The van der Waals surface area contributed by atoms with Gasteiger partial charge < -0.3 is 4.90 Å². The molecular weight excluding hydrogens is 456 g/mol. The molecule has 0 unspecified atom stereocenters. The minimum atomic E-state index is -0.293. The lowest BCUT2D eigenvalue weighted by atomic mass is 10.1. The summed E-state index contributed by atoms with van der Waals surface area (Å²) in [6.07, 6.45) is 1.70. The van der Waals surface area contributed by atoms with Gasteiger partial charge in [-0.2, -0.15) is 5.10 Å². The number of hydrogen-bond acceptors (Lipinski definition) is 4. The summed E-state index contributed by atoms with van der Waals surface area (Å²) < 4.78 is 2.29. The van der Waals surface area contributed by atoms with Crippen LogP contribution in [0, 0.1) is 0 Å². The maximum absolute atomic E-state index is 13.8. The van der Waals surface area contributed by atoms with Gasteiger partial charge in [0.1, 0.15) is 0 Å². The number of benzene rings is 2. The van der Waals surface area contributed by atoms with Crippen molar-refractivity contribution in [2.24, 2.45) is 0 Å². The maximum Gasteiger partial charge on any atom is 0.279 e. The largest absolute Gasteiger partial charge is 0.301 e. The second-order valence-corrected chi connectivity index (χ2v) is 8.34. The number of carbonyl (C=O) groups is 1. The van der Waals surface area contributed by atoms with Gasteiger partial charge in [0.2, 0.25) is 0 Å². The summed E-state index contributed by atoms with van der Waals surface area (Å²) in [5, 5.41) is 5.50. The van der Waals surface area contributed by atoms with Gasteiger partial charge >= 0.3 is 0 Å². The van der Waals surface area contributed by atoms with E-state index in [1.807, 2.05) is 62.4 Å². The third-order valence-corrected chi connectivity index (χ3v) is 5.48. The summed E-state index contributed by atoms with van der Waals surface area (Å²) in [7, 11) is 0. The molecule has 0 saturated carbocycles. The molecule has 1 amide bonds. The second kappa shape index (κ2) is 8.81. The molecule has 2 aromatic carbocycles. The maximum atomic E-state index is 13.8. The molecule has 2 aromatic heterocycles. The van der Waals surface area contributed by atoms with Gasteiger partial charge in [-0.1, -0.05) is 40.2 Å². The SMILES string of the molecule is CC(C)n1nc(C(=O)N(Cc2ccccn2)c2ccc(Br)cc2)c2ccccc2c1=O. The zero-order valence-electron chi connectivity index (χ0n) is 17.2. The highest BCUT2D eigenvalue weighted by atomic mass is 79.9. The van der Waals surface area contributed by atoms with E-state index in [0.717, 1.165) is 10.2 Å². The Morgan fingerprint density at radius 3 is 2.32 bits per heavy atom. The fourth-order valence-corrected chi connectivity index (χ4v) is 3.66. The molecule has 31 heavy (non-hydrogen) atoms. The number of fused-ring (bicyclic) bond motifs is 1. The van der Waals surface area contributed by atoms with Gasteiger partial charge in [0.25, 0.3) is 11.5 Å². The highest BCUT2D eigenvalue weighted by molar-refractivity contribution is 9.10. The van der Waals surface area contributed by atoms with Crippen molar-refractivity contribution < 1.29 is 4.79 Å². The number of aromatic nitrogens is 3. The van der Waals surface area contributed by atoms with E-state index < -0.39 is 0 Å². The van der Waals surface area contributed by atoms with Crippen LogP contribution >= 0.6 is 15.9 Å². The Labute approximate surface area is 188 Å². The zero-order valence-corrected chi connectivity index (χ0v) is 18.8. The van der Waals surface area contributed by atoms with Gasteiger partial charge in [-0.15, -0.1) is 0 Å². The molecule has 0 aliphatic heterocycles. The van der Waals surface area contributed by atoms with E-state index in [9.17, 15) is 9.59 Å². The number of amides is 1. The minimum absolute atomic E-state index is 0.180. The van der Waals surface area contributed by atoms with Gasteiger partial charge in [0.15, 0.2) is 5.69 Å². The van der Waals surface area contributed by atoms with E-state index in [-0.39, 0.29) is 29.7 Å². The van der Waals surface area contributed by atoms with Crippen LogP contribution in [0.4, 0.5) is 5.69 Å². The zero-order chi connectivity index (χ0) is 22.0. The summed E-state index contributed by atoms with van der Waals surface area (Å²) in [6.45, 7) is 4.02. The van der Waals surface area contributed by atoms with E-state index >= 15 is 0 Å². The number of anilines is 1. The number of hydrogen-bond donors (Lipinski definition) is 0. The molecule has 4 aromatic rings. The summed E-state index contributed by atoms with van der Waals surface area (Å²) in [4.78, 5) is 32.7. The van der Waals surface area contributed by atoms with Gasteiger partial charge in [-0.05, 0) is 56.3 Å². The van der Waals surface area contributed by atoms with Crippen LogP contribution in [0.1, 0.15) is 36.1 Å². The summed E-state index contributed by atoms with van der Waals surface area (Å²) in [5.74, 6) is -0.293. The molecule has 0 fully saturated rings. The first kappa shape index (κ1) is 20.9. The normalized spacial score (nSPS) is 11.1. The molecule has 0 radical (unpaired) electrons. The highest BCUT2D eigenvalue weighted by Crippen LogP contribution is 2.24. The Morgan fingerprint density at radius 1 is 1.00 bits per heavy atom. The van der Waals surface area contributed by atoms with Gasteiger partial charge in [0.05, 0.1) is 23.7 Å². The van der Waals surface area contributed by atoms with E-state index in [1.165, 1.54) is 4.68 Å². The summed E-state index contributed by atoms with van der Waals surface area (Å²) >= 11 is 3.44. The van der Waals surface area contributed by atoms with Crippen molar-refractivity contribution in [3.05, 3.63) is 99.1 Å². The number of pyridine rings is 1. The molecule has 0 N–H and O–H groups in total. The summed E-state index contributed by atoms with van der Waals surface area (Å²) in [5.41, 5.74) is 1.50. The standard InChI is InChI=1S/C24H21BrN4O2/c1-16(2)29-23(30)21-9-4-3-8-20(21)22(27-29)24(31)28(15-18-7-5-6-14-26-18)19-12-10-17(25)11-13-19/h3-14,16H,15H2,1-2H3. The van der Waals surface area contributed by atoms with Crippen LogP contribution in [-0.2, 0) is 6.54 Å². The third kappa shape index (κ3) is 4.27. The van der Waals surface area contributed by atoms with Crippen molar-refractivity contribution in [2.75, 3.05) is 4.90 Å². The lowest BCUT2D eigenvalue weighted by Crippen LogP contribution is -2.35. The molecule has 7 heteroatoms. The quantitative estimate of drug-likeness (QED) is 0.407. The lowest BCUT2D eigenvalue weighted by Gasteiger charge is -2.23. The van der Waals surface area contributed by atoms with Gasteiger partial charge in [-0.25, -0.2) is 4.68 Å². The molecule has 0 spiro atoms. The number of halogens is 1. The number of nitrogens with zero attached hydrogens (tertiary/aromatic N) is 4. The molecule has 0 aliphatic carbocycles. The van der Waals surface area contributed by atoms with Crippen molar-refractivity contribution in [1.29, 1.82) is 0 Å². The third-order valence-electron chi connectivity index (χ3n) is 4.95. The van der Waals surface area contributed by atoms with Crippen LogP contribution in [0.15, 0.2) is 82.2 Å². The second-order valence-electron chi connectivity index (χ2n) is 7.43. The van der Waals surface area contributed by atoms with Crippen molar-refractivity contribution in [1.82, 2.24) is 14.8 Å². The summed E-state index contributed by atoms with van der Waals surface area (Å²) in [6, 6.07) is 20.0. The fraction of sp³-hybridized carbons (Fsp3) is 0.167. The van der Waals surface area contributed by atoms with Crippen LogP contribution in [-0.4, -0.2) is 20.7 Å². The topological polar surface area (TPSA) is 68.1 Å². The predicted molar refractivity (Wildman–Crippen MR) is 125 cm³/mol. The fourth-order valence-electron chi connectivity index (χ4n) is 3.40. The first-order valence-corrected chi connectivity index (χ1v) is 10.7. The molecule has 0 aliphatic rings. The van der Waals surface area contributed by atoms with Crippen molar-refractivity contribution >= 4 is 38.3 Å². The number of rotatable bonds is 5. The van der Waals surface area contributed by atoms with E-state index in [0.29, 0.717) is 16.5 Å². The van der Waals surface area contributed by atoms with Crippen LogP contribution in [0.25, 0.3) is 10.8 Å². The Hall–Kier alpha value is -3.32. The van der Waals surface area contributed by atoms with Crippen LogP contribution in [0.3, 0.4) is 0 Å². The van der Waals surface area contributed by atoms with E-state index in [4.69, 9.17) is 0 Å². The average Bonchev–Trinajstić information content (AvgIpc) is 2.79. The highest BCUT2D eigenvalue weighted by Gasteiger charge is 2.24. The lowest BCUT2D eigenvalue weighted by molar-refractivity contribution is 0.0979. The molecular formula is C24H21BrN4O2. The molecule has 0 saturated heterocycles. The van der Waals surface area contributed by atoms with Gasteiger partial charge in [0, 0.05) is 21.7 Å². The monoisotopic (exact) mass is 476 g/mol. The van der Waals surface area contributed by atoms with E-state index in [2.05, 4.69) is 26.0 Å². The Bertz CT molecular complexity index is 1280. The molecule has 4 rings (SSSR count). The predicted octanol–water partition coefficient (Wildman–Crippen LogP) is 4.98. The van der Waals surface area contributed by atoms with Crippen molar-refractivity contribution in [2.45, 2.75) is 26.4 Å². The Morgan fingerprint density at radius 2 is 1.68 bits per heavy atom. The molecule has 6 nitrogen and oxygen atoms in total. The minimum Gasteiger partial charge on any atom is -0.301 e. The molecule has 0 bridgehead atoms. The Balaban J connectivity index is 1.89. The van der Waals surface area contributed by atoms with E-state index in [1.54, 1.807) is 29.3 Å². The van der Waals surface area contributed by atoms with Crippen molar-refractivity contribution in [3.8, 4) is 0 Å². The van der Waals surface area contributed by atoms with Gasteiger partial charge in [-0.3, -0.25) is 14.6 Å². The van der Waals surface area contributed by atoms with Crippen LogP contribution in [0.2, 0.25) is 0 Å². The average molecular weight is 477 g/mol. The molecule has 2 heterocycles. The van der Waals surface area contributed by atoms with Crippen LogP contribution < -0.4 is 10.5 Å². The van der Waals surface area contributed by atoms with Crippen LogP contribution in [0.5, 0.6) is 0 Å². The molecule has 0 atom stereocenters. The first-order valence-electron chi connectivity index (χ1n) is 9.94. The van der Waals surface area contributed by atoms with Crippen molar-refractivity contribution in [3.63, 3.8) is 0 Å². The smallest absolute Gasteiger partial charge is 0.279 e.